The van der Waals surface area contributed by atoms with E-state index in [2.05, 4.69) is 10.0 Å². The van der Waals surface area contributed by atoms with Gasteiger partial charge in [-0.2, -0.15) is 0 Å². The molecule has 3 aromatic rings. The summed E-state index contributed by atoms with van der Waals surface area (Å²) >= 11 is 5.87. The van der Waals surface area contributed by atoms with Gasteiger partial charge in [0.05, 0.1) is 28.3 Å². The van der Waals surface area contributed by atoms with Crippen molar-refractivity contribution in [2.45, 2.75) is 11.4 Å². The Bertz CT molecular complexity index is 1070. The van der Waals surface area contributed by atoms with E-state index in [0.29, 0.717) is 5.76 Å². The molecule has 140 valence electrons. The molecule has 3 rings (SSSR count). The second kappa shape index (κ2) is 7.91. The van der Waals surface area contributed by atoms with Crippen molar-refractivity contribution in [3.8, 4) is 0 Å². The summed E-state index contributed by atoms with van der Waals surface area (Å²) < 4.78 is 45.4. The summed E-state index contributed by atoms with van der Waals surface area (Å²) in [5.74, 6) is -0.681. The zero-order valence-electron chi connectivity index (χ0n) is 13.8. The molecule has 1 amide bonds. The van der Waals surface area contributed by atoms with Gasteiger partial charge in [0.1, 0.15) is 11.6 Å². The van der Waals surface area contributed by atoms with Gasteiger partial charge in [0.2, 0.25) is 10.0 Å². The summed E-state index contributed by atoms with van der Waals surface area (Å²) in [6, 6.07) is 12.4. The summed E-state index contributed by atoms with van der Waals surface area (Å²) in [7, 11) is -3.81. The molecule has 0 fully saturated rings. The fourth-order valence-corrected chi connectivity index (χ4v) is 3.57. The van der Waals surface area contributed by atoms with Crippen LogP contribution in [0.25, 0.3) is 0 Å². The zero-order valence-corrected chi connectivity index (χ0v) is 15.4. The number of carbonyl (C=O) groups is 1. The van der Waals surface area contributed by atoms with Crippen LogP contribution in [0.5, 0.6) is 0 Å². The summed E-state index contributed by atoms with van der Waals surface area (Å²) in [5.41, 5.74) is 0.323. The zero-order chi connectivity index (χ0) is 19.4. The monoisotopic (exact) mass is 408 g/mol. The predicted molar refractivity (Wildman–Crippen MR) is 98.5 cm³/mol. The van der Waals surface area contributed by atoms with Crippen LogP contribution in [0, 0.1) is 5.82 Å². The molecule has 0 atom stereocenters. The van der Waals surface area contributed by atoms with Gasteiger partial charge in [-0.05, 0) is 48.5 Å². The number of nitrogens with one attached hydrogen (secondary N) is 2. The molecule has 2 N–H and O–H groups in total. The molecule has 6 nitrogen and oxygen atoms in total. The first-order valence-electron chi connectivity index (χ1n) is 7.74. The normalized spacial score (nSPS) is 11.3. The van der Waals surface area contributed by atoms with Crippen LogP contribution in [-0.4, -0.2) is 14.3 Å². The van der Waals surface area contributed by atoms with Crippen molar-refractivity contribution in [1.82, 2.24) is 4.72 Å². The molecule has 0 aliphatic heterocycles. The van der Waals surface area contributed by atoms with Crippen LogP contribution in [0.3, 0.4) is 0 Å². The van der Waals surface area contributed by atoms with E-state index in [1.807, 2.05) is 0 Å². The first-order chi connectivity index (χ1) is 12.8. The number of benzene rings is 2. The van der Waals surface area contributed by atoms with Gasteiger partial charge in [0.15, 0.2) is 0 Å². The summed E-state index contributed by atoms with van der Waals surface area (Å²) in [4.78, 5) is 12.3. The Kier molecular flexibility index (Phi) is 5.59. The van der Waals surface area contributed by atoms with Crippen LogP contribution in [0.2, 0.25) is 5.02 Å². The number of anilines is 1. The van der Waals surface area contributed by atoms with Crippen LogP contribution < -0.4 is 10.0 Å². The SMILES string of the molecule is O=C(Nc1cccc(S(=O)(=O)NCc2ccco2)c1)c1ccc(F)cc1Cl. The van der Waals surface area contributed by atoms with E-state index in [9.17, 15) is 17.6 Å². The van der Waals surface area contributed by atoms with E-state index in [0.717, 1.165) is 12.1 Å². The van der Waals surface area contributed by atoms with Crippen molar-refractivity contribution in [2.75, 3.05) is 5.32 Å². The maximum Gasteiger partial charge on any atom is 0.257 e. The van der Waals surface area contributed by atoms with Gasteiger partial charge < -0.3 is 9.73 Å². The lowest BCUT2D eigenvalue weighted by molar-refractivity contribution is 0.102. The summed E-state index contributed by atoms with van der Waals surface area (Å²) in [6.07, 6.45) is 1.44. The van der Waals surface area contributed by atoms with Gasteiger partial charge >= 0.3 is 0 Å². The molecular formula is C18H14ClFN2O4S. The van der Waals surface area contributed by atoms with E-state index >= 15 is 0 Å². The smallest absolute Gasteiger partial charge is 0.257 e. The van der Waals surface area contributed by atoms with E-state index in [1.54, 1.807) is 12.1 Å². The molecule has 1 aromatic heterocycles. The lowest BCUT2D eigenvalue weighted by atomic mass is 10.2. The lowest BCUT2D eigenvalue weighted by Gasteiger charge is -2.10. The Morgan fingerprint density at radius 2 is 1.93 bits per heavy atom. The number of sulfonamides is 1. The second-order valence-corrected chi connectivity index (χ2v) is 7.68. The van der Waals surface area contributed by atoms with Crippen molar-refractivity contribution >= 4 is 33.2 Å². The molecular weight excluding hydrogens is 395 g/mol. The molecule has 0 aliphatic rings. The first kappa shape index (κ1) is 19.1. The number of hydrogen-bond acceptors (Lipinski definition) is 4. The lowest BCUT2D eigenvalue weighted by Crippen LogP contribution is -2.23. The molecule has 0 aliphatic carbocycles. The van der Waals surface area contributed by atoms with Crippen molar-refractivity contribution < 1.29 is 22.0 Å². The van der Waals surface area contributed by atoms with Gasteiger partial charge in [-0.3, -0.25) is 4.79 Å². The van der Waals surface area contributed by atoms with Crippen LogP contribution in [0.1, 0.15) is 16.1 Å². The number of amides is 1. The minimum absolute atomic E-state index is 0.00287. The van der Waals surface area contributed by atoms with Crippen LogP contribution in [0.4, 0.5) is 10.1 Å². The van der Waals surface area contributed by atoms with Gasteiger partial charge in [0.25, 0.3) is 5.91 Å². The third kappa shape index (κ3) is 4.73. The number of hydrogen-bond donors (Lipinski definition) is 2. The Balaban J connectivity index is 1.75. The third-order valence-corrected chi connectivity index (χ3v) is 5.31. The maximum atomic E-state index is 13.1. The highest BCUT2D eigenvalue weighted by Crippen LogP contribution is 2.21. The van der Waals surface area contributed by atoms with Gasteiger partial charge in [-0.25, -0.2) is 17.5 Å². The van der Waals surface area contributed by atoms with Crippen LogP contribution in [0.15, 0.2) is 70.2 Å². The Labute approximate surface area is 160 Å². The van der Waals surface area contributed by atoms with E-state index in [-0.39, 0.29) is 27.7 Å². The highest BCUT2D eigenvalue weighted by molar-refractivity contribution is 7.89. The van der Waals surface area contributed by atoms with E-state index in [4.69, 9.17) is 16.0 Å². The molecule has 0 saturated heterocycles. The largest absolute Gasteiger partial charge is 0.468 e. The molecule has 27 heavy (non-hydrogen) atoms. The van der Waals surface area contributed by atoms with Crippen LogP contribution >= 0.6 is 11.6 Å². The maximum absolute atomic E-state index is 13.1. The molecule has 2 aromatic carbocycles. The fourth-order valence-electron chi connectivity index (χ4n) is 2.28. The standard InChI is InChI=1S/C18H14ClFN2O4S/c19-17-9-12(20)6-7-16(17)18(23)22-13-3-1-5-15(10-13)27(24,25)21-11-14-4-2-8-26-14/h1-10,21H,11H2,(H,22,23). The second-order valence-electron chi connectivity index (χ2n) is 5.51. The molecule has 0 spiro atoms. The molecule has 0 bridgehead atoms. The summed E-state index contributed by atoms with van der Waals surface area (Å²) in [6.45, 7) is -0.00287. The summed E-state index contributed by atoms with van der Waals surface area (Å²) in [5, 5.41) is 2.50. The quantitative estimate of drug-likeness (QED) is 0.649. The van der Waals surface area contributed by atoms with E-state index < -0.39 is 21.7 Å². The fraction of sp³-hybridized carbons (Fsp3) is 0.0556. The molecule has 0 radical (unpaired) electrons. The number of furan rings is 1. The predicted octanol–water partition coefficient (Wildman–Crippen LogP) is 3.80. The van der Waals surface area contributed by atoms with Gasteiger partial charge in [-0.1, -0.05) is 17.7 Å². The number of carbonyl (C=O) groups excluding carboxylic acids is 1. The van der Waals surface area contributed by atoms with Crippen molar-refractivity contribution in [1.29, 1.82) is 0 Å². The van der Waals surface area contributed by atoms with Crippen molar-refractivity contribution in [3.63, 3.8) is 0 Å². The first-order valence-corrected chi connectivity index (χ1v) is 9.60. The number of rotatable bonds is 6. The minimum atomic E-state index is -3.81. The molecule has 0 saturated carbocycles. The highest BCUT2D eigenvalue weighted by atomic mass is 35.5. The van der Waals surface area contributed by atoms with Gasteiger partial charge in [-0.15, -0.1) is 0 Å². The topological polar surface area (TPSA) is 88.4 Å². The molecule has 0 unspecified atom stereocenters. The van der Waals surface area contributed by atoms with Crippen molar-refractivity contribution in [3.05, 3.63) is 83.0 Å². The van der Waals surface area contributed by atoms with E-state index in [1.165, 1.54) is 36.6 Å². The van der Waals surface area contributed by atoms with Crippen molar-refractivity contribution in [2.24, 2.45) is 0 Å². The number of halogens is 2. The molecule has 1 heterocycles. The molecule has 9 heteroatoms. The highest BCUT2D eigenvalue weighted by Gasteiger charge is 2.16. The third-order valence-electron chi connectivity index (χ3n) is 3.59. The average molecular weight is 409 g/mol. The Morgan fingerprint density at radius 1 is 1.11 bits per heavy atom. The minimum Gasteiger partial charge on any atom is -0.468 e. The van der Waals surface area contributed by atoms with Crippen LogP contribution in [-0.2, 0) is 16.6 Å². The Hall–Kier alpha value is -2.68. The Morgan fingerprint density at radius 3 is 2.63 bits per heavy atom. The van der Waals surface area contributed by atoms with Gasteiger partial charge in [0, 0.05) is 5.69 Å². The average Bonchev–Trinajstić information content (AvgIpc) is 3.14.